The summed E-state index contributed by atoms with van der Waals surface area (Å²) in [4.78, 5) is 29.9. The summed E-state index contributed by atoms with van der Waals surface area (Å²) in [5, 5.41) is 45.2. The van der Waals surface area contributed by atoms with E-state index in [0.717, 1.165) is 6.42 Å². The fourth-order valence-electron chi connectivity index (χ4n) is 6.82. The van der Waals surface area contributed by atoms with Crippen LogP contribution in [0, 0.1) is 17.7 Å². The molecule has 6 N–H and O–H groups in total. The van der Waals surface area contributed by atoms with Crippen molar-refractivity contribution in [3.05, 3.63) is 57.6 Å². The quantitative estimate of drug-likeness (QED) is 0.344. The fourth-order valence-corrected chi connectivity index (χ4v) is 6.82. The Hall–Kier alpha value is -3.21. The van der Waals surface area contributed by atoms with E-state index in [1.807, 2.05) is 6.92 Å². The van der Waals surface area contributed by atoms with Gasteiger partial charge in [-0.25, -0.2) is 4.39 Å². The van der Waals surface area contributed by atoms with Crippen molar-refractivity contribution in [2.45, 2.75) is 70.7 Å². The van der Waals surface area contributed by atoms with Crippen molar-refractivity contribution in [3.63, 3.8) is 0 Å². The molecule has 0 saturated heterocycles. The number of fused-ring (bicyclic) bond motifs is 3. The number of nitrogens with zero attached hydrogens (tertiary/aromatic N) is 2. The number of nitrogens with two attached hydrogens (primary N) is 1. The highest BCUT2D eigenvalue weighted by atomic mass is 19.1. The number of likely N-dealkylation sites (N-methyl/N-ethyl adjacent to an activating group) is 1. The summed E-state index contributed by atoms with van der Waals surface area (Å²) in [7, 11) is 3.25. The predicted octanol–water partition coefficient (Wildman–Crippen LogP) is 3.10. The zero-order valence-corrected chi connectivity index (χ0v) is 24.0. The first-order valence-corrected chi connectivity index (χ1v) is 13.6. The van der Waals surface area contributed by atoms with E-state index in [-0.39, 0.29) is 58.5 Å². The lowest BCUT2D eigenvalue weighted by Crippen LogP contribution is -2.63. The van der Waals surface area contributed by atoms with Gasteiger partial charge in [0.15, 0.2) is 11.4 Å². The molecule has 0 heterocycles. The number of phenolic OH excluding ortho intramolecular Hbond substituents is 1. The van der Waals surface area contributed by atoms with E-state index in [2.05, 4.69) is 32.3 Å². The highest BCUT2D eigenvalue weighted by molar-refractivity contribution is 6.13. The molecule has 3 aliphatic rings. The van der Waals surface area contributed by atoms with Gasteiger partial charge >= 0.3 is 0 Å². The summed E-state index contributed by atoms with van der Waals surface area (Å²) in [5.41, 5.74) is 2.16. The van der Waals surface area contributed by atoms with Crippen LogP contribution in [0.1, 0.15) is 57.2 Å². The summed E-state index contributed by atoms with van der Waals surface area (Å²) in [6.07, 6.45) is 0.884. The molecule has 4 rings (SSSR count). The zero-order chi connectivity index (χ0) is 30.1. The number of rotatable bonds is 7. The van der Waals surface area contributed by atoms with Crippen LogP contribution in [0.3, 0.4) is 0 Å². The maximum absolute atomic E-state index is 16.1. The largest absolute Gasteiger partial charge is 0.510 e. The zero-order valence-electron chi connectivity index (χ0n) is 24.0. The van der Waals surface area contributed by atoms with Gasteiger partial charge in [0, 0.05) is 40.3 Å². The molecule has 0 bridgehead atoms. The Balaban J connectivity index is 1.87. The van der Waals surface area contributed by atoms with Crippen LogP contribution >= 0.6 is 0 Å². The van der Waals surface area contributed by atoms with Crippen molar-refractivity contribution in [1.29, 1.82) is 0 Å². The first-order valence-electron chi connectivity index (χ1n) is 13.6. The molecule has 1 aromatic rings. The van der Waals surface area contributed by atoms with Crippen molar-refractivity contribution in [3.8, 4) is 5.75 Å². The van der Waals surface area contributed by atoms with Crippen LogP contribution in [0.25, 0.3) is 5.76 Å². The number of primary amides is 1. The number of aromatic hydroxyl groups is 1. The maximum atomic E-state index is 16.1. The number of amides is 1. The second kappa shape index (κ2) is 10.0. The summed E-state index contributed by atoms with van der Waals surface area (Å²) >= 11 is 0. The van der Waals surface area contributed by atoms with Gasteiger partial charge in [0.1, 0.15) is 23.1 Å². The van der Waals surface area contributed by atoms with Crippen molar-refractivity contribution < 1.29 is 34.4 Å². The lowest BCUT2D eigenvalue weighted by Gasteiger charge is -2.52. The molecule has 0 unspecified atom stereocenters. The van der Waals surface area contributed by atoms with Crippen molar-refractivity contribution in [2.24, 2.45) is 17.6 Å². The number of benzene rings is 1. The topological polar surface area (TPSA) is 148 Å². The number of halogens is 1. The third-order valence-corrected chi connectivity index (χ3v) is 9.38. The minimum atomic E-state index is -2.36. The van der Waals surface area contributed by atoms with E-state index in [0.29, 0.717) is 6.54 Å². The third-order valence-electron chi connectivity index (χ3n) is 9.38. The number of phenols is 1. The molecule has 1 fully saturated rings. The normalized spacial score (nSPS) is 26.8. The van der Waals surface area contributed by atoms with Gasteiger partial charge in [0.2, 0.25) is 0 Å². The van der Waals surface area contributed by atoms with Gasteiger partial charge in [-0.1, -0.05) is 20.4 Å². The molecule has 40 heavy (non-hydrogen) atoms. The van der Waals surface area contributed by atoms with Gasteiger partial charge < -0.3 is 26.2 Å². The molecule has 0 aromatic heterocycles. The molecule has 10 heteroatoms. The number of hydrogen-bond acceptors (Lipinski definition) is 8. The summed E-state index contributed by atoms with van der Waals surface area (Å²) < 4.78 is 16.1. The molecule has 0 aliphatic heterocycles. The van der Waals surface area contributed by atoms with E-state index in [9.17, 15) is 30.0 Å². The number of hydrogen-bond donors (Lipinski definition) is 5. The van der Waals surface area contributed by atoms with Crippen LogP contribution in [0.5, 0.6) is 5.75 Å². The Kier molecular flexibility index (Phi) is 7.45. The van der Waals surface area contributed by atoms with Crippen molar-refractivity contribution in [1.82, 2.24) is 9.80 Å². The number of aliphatic hydroxyl groups excluding tert-OH is 2. The average Bonchev–Trinajstić information content (AvgIpc) is 2.86. The summed E-state index contributed by atoms with van der Waals surface area (Å²) in [6.45, 7) is 12.8. The molecular formula is C30H40FN3O6. The van der Waals surface area contributed by atoms with Crippen LogP contribution in [-0.2, 0) is 22.6 Å². The minimum Gasteiger partial charge on any atom is -0.510 e. The Morgan fingerprint density at radius 3 is 2.40 bits per heavy atom. The first kappa shape index (κ1) is 29.8. The lowest BCUT2D eigenvalue weighted by molar-refractivity contribution is -0.143. The summed E-state index contributed by atoms with van der Waals surface area (Å²) in [5.74, 6) is -5.59. The molecule has 1 aromatic carbocycles. The molecule has 218 valence electrons. The van der Waals surface area contributed by atoms with Gasteiger partial charge in [0.25, 0.3) is 5.91 Å². The second-order valence-corrected chi connectivity index (χ2v) is 12.0. The van der Waals surface area contributed by atoms with E-state index in [1.165, 1.54) is 6.07 Å². The number of aliphatic hydroxyl groups is 3. The molecule has 9 nitrogen and oxygen atoms in total. The summed E-state index contributed by atoms with van der Waals surface area (Å²) in [6, 6.07) is 0.309. The SMILES string of the molecule is C=C1C(C(N)=O)=C(O)[C@@H](N(C)C)[C@@H]2C[C@@H]3Cc4c(F)c(CN(CC)C(C)(C)CC)cc(O)c4C(O)=C3C(=O)[C@]12O. The molecule has 3 aliphatic carbocycles. The number of carbonyl (C=O) groups excluding carboxylic acids is 2. The number of ketones is 1. The highest BCUT2D eigenvalue weighted by Gasteiger charge is 2.62. The standard InChI is InChI=1S/C30H40FN3O6/c1-8-29(4,5)34(9-2)13-16-12-19(35)22-17(23(16)31)10-15-11-18-24(33(6)7)26(37)20(28(32)39)14(3)30(18,40)27(38)21(15)25(22)36/h12,15,18,24,35-37,40H,3,8-11,13H2,1-2,4-7H3,(H2,32,39)/t15-,18-,24-,30-/m0/s1. The highest BCUT2D eigenvalue weighted by Crippen LogP contribution is 2.54. The number of Topliss-reactive ketones (excluding diaryl/α,β-unsaturated/α-hetero) is 1. The maximum Gasteiger partial charge on any atom is 0.252 e. The molecule has 0 radical (unpaired) electrons. The second-order valence-electron chi connectivity index (χ2n) is 12.0. The molecule has 4 atom stereocenters. The molecule has 1 saturated carbocycles. The van der Waals surface area contributed by atoms with Crippen molar-refractivity contribution in [2.75, 3.05) is 20.6 Å². The van der Waals surface area contributed by atoms with Crippen LogP contribution in [0.4, 0.5) is 4.39 Å². The monoisotopic (exact) mass is 557 g/mol. The Morgan fingerprint density at radius 2 is 1.88 bits per heavy atom. The molecule has 1 amide bonds. The van der Waals surface area contributed by atoms with Crippen LogP contribution < -0.4 is 5.73 Å². The van der Waals surface area contributed by atoms with Gasteiger partial charge in [-0.2, -0.15) is 0 Å². The first-order chi connectivity index (χ1) is 18.5. The van der Waals surface area contributed by atoms with Crippen LogP contribution in [-0.4, -0.2) is 79.7 Å². The van der Waals surface area contributed by atoms with Crippen LogP contribution in [0.2, 0.25) is 0 Å². The van der Waals surface area contributed by atoms with Gasteiger partial charge in [-0.15, -0.1) is 0 Å². The smallest absolute Gasteiger partial charge is 0.252 e. The average molecular weight is 558 g/mol. The van der Waals surface area contributed by atoms with Gasteiger partial charge in [-0.3, -0.25) is 19.4 Å². The van der Waals surface area contributed by atoms with Gasteiger partial charge in [0.05, 0.1) is 17.2 Å². The molecule has 0 spiro atoms. The Labute approximate surface area is 234 Å². The van der Waals surface area contributed by atoms with E-state index in [1.54, 1.807) is 19.0 Å². The molecular weight excluding hydrogens is 517 g/mol. The van der Waals surface area contributed by atoms with E-state index in [4.69, 9.17) is 5.73 Å². The third kappa shape index (κ3) is 4.15. The number of carbonyl (C=O) groups is 2. The van der Waals surface area contributed by atoms with Crippen molar-refractivity contribution >= 4 is 17.4 Å². The minimum absolute atomic E-state index is 0.0106. The predicted molar refractivity (Wildman–Crippen MR) is 149 cm³/mol. The van der Waals surface area contributed by atoms with Crippen LogP contribution in [0.15, 0.2) is 35.1 Å². The Bertz CT molecular complexity index is 1360. The van der Waals surface area contributed by atoms with E-state index >= 15 is 4.39 Å². The van der Waals surface area contributed by atoms with E-state index < -0.39 is 58.1 Å². The lowest BCUT2D eigenvalue weighted by atomic mass is 9.56. The fraction of sp³-hybridized carbons (Fsp3) is 0.533. The van der Waals surface area contributed by atoms with Gasteiger partial charge in [-0.05, 0) is 65.7 Å². The Morgan fingerprint density at radius 1 is 1.25 bits per heavy atom.